The van der Waals surface area contributed by atoms with Gasteiger partial charge in [-0.25, -0.2) is 18.4 Å². The molecule has 2 aromatic carbocycles. The van der Waals surface area contributed by atoms with Gasteiger partial charge in [-0.2, -0.15) is 5.10 Å². The molecule has 0 spiro atoms. The molecule has 0 bridgehead atoms. The maximum absolute atomic E-state index is 14.6. The molecule has 0 saturated heterocycles. The molecule has 1 heterocycles. The Morgan fingerprint density at radius 1 is 1.24 bits per heavy atom. The van der Waals surface area contributed by atoms with Crippen LogP contribution in [0.5, 0.6) is 0 Å². The molecule has 0 amide bonds. The largest absolute Gasteiger partial charge is 0.382 e. The summed E-state index contributed by atoms with van der Waals surface area (Å²) in [6.07, 6.45) is 4.46. The van der Waals surface area contributed by atoms with Gasteiger partial charge in [-0.05, 0) is 23.8 Å². The topological polar surface area (TPSA) is 54.2 Å². The summed E-state index contributed by atoms with van der Waals surface area (Å²) in [6, 6.07) is 10.5. The zero-order valence-electron chi connectivity index (χ0n) is 15.7. The van der Waals surface area contributed by atoms with Gasteiger partial charge in [0.2, 0.25) is 0 Å². The van der Waals surface area contributed by atoms with E-state index in [1.54, 1.807) is 12.1 Å². The Morgan fingerprint density at radius 2 is 2.07 bits per heavy atom. The second-order valence-corrected chi connectivity index (χ2v) is 7.27. The van der Waals surface area contributed by atoms with E-state index in [0.29, 0.717) is 18.1 Å². The first-order valence-corrected chi connectivity index (χ1v) is 9.35. The molecule has 1 atom stereocenters. The predicted octanol–water partition coefficient (Wildman–Crippen LogP) is 3.79. The molecule has 152 valence electrons. The van der Waals surface area contributed by atoms with Crippen molar-refractivity contribution in [2.24, 2.45) is 0 Å². The Labute approximate surface area is 172 Å². The molecule has 1 aromatic heterocycles. The van der Waals surface area contributed by atoms with E-state index in [0.717, 1.165) is 17.7 Å². The summed E-state index contributed by atoms with van der Waals surface area (Å²) in [5.74, 6) is -1.54. The average molecular weight is 419 g/mol. The highest BCUT2D eigenvalue weighted by Crippen LogP contribution is 2.28. The number of nitrogens with zero attached hydrogens (tertiary/aromatic N) is 4. The number of benzene rings is 2. The molecule has 8 heteroatoms. The molecular formula is C21H21ClF2N4O. The van der Waals surface area contributed by atoms with Gasteiger partial charge in [-0.3, -0.25) is 4.90 Å². The molecular weight excluding hydrogens is 398 g/mol. The third-order valence-corrected chi connectivity index (χ3v) is 4.73. The molecule has 3 rings (SSSR count). The summed E-state index contributed by atoms with van der Waals surface area (Å²) in [6.45, 7) is 4.65. The molecule has 29 heavy (non-hydrogen) atoms. The normalized spacial score (nSPS) is 13.4. The van der Waals surface area contributed by atoms with Gasteiger partial charge in [0.05, 0.1) is 6.54 Å². The van der Waals surface area contributed by atoms with Crippen molar-refractivity contribution in [2.45, 2.75) is 18.7 Å². The summed E-state index contributed by atoms with van der Waals surface area (Å²) in [5, 5.41) is 16.1. The van der Waals surface area contributed by atoms with Crippen LogP contribution in [0.3, 0.4) is 0 Å². The van der Waals surface area contributed by atoms with Crippen LogP contribution in [-0.4, -0.2) is 37.9 Å². The van der Waals surface area contributed by atoms with E-state index in [-0.39, 0.29) is 18.7 Å². The quantitative estimate of drug-likeness (QED) is 0.537. The van der Waals surface area contributed by atoms with E-state index >= 15 is 0 Å². The lowest BCUT2D eigenvalue weighted by molar-refractivity contribution is -0.0210. The molecule has 0 aliphatic rings. The lowest BCUT2D eigenvalue weighted by Crippen LogP contribution is -2.44. The minimum Gasteiger partial charge on any atom is -0.382 e. The monoisotopic (exact) mass is 418 g/mol. The van der Waals surface area contributed by atoms with Crippen molar-refractivity contribution >= 4 is 11.6 Å². The second kappa shape index (κ2) is 9.26. The molecule has 3 aromatic rings. The van der Waals surface area contributed by atoms with Crippen molar-refractivity contribution in [3.63, 3.8) is 0 Å². The molecule has 0 aliphatic carbocycles. The van der Waals surface area contributed by atoms with Crippen LogP contribution in [-0.2, 0) is 18.7 Å². The molecule has 0 saturated carbocycles. The van der Waals surface area contributed by atoms with Crippen LogP contribution in [0, 0.1) is 11.6 Å². The highest BCUT2D eigenvalue weighted by atomic mass is 35.5. The van der Waals surface area contributed by atoms with Crippen molar-refractivity contribution in [1.29, 1.82) is 0 Å². The van der Waals surface area contributed by atoms with Crippen LogP contribution in [0.2, 0.25) is 5.02 Å². The van der Waals surface area contributed by atoms with Gasteiger partial charge in [0.15, 0.2) is 0 Å². The van der Waals surface area contributed by atoms with Gasteiger partial charge in [-0.15, -0.1) is 6.58 Å². The second-order valence-electron chi connectivity index (χ2n) is 6.84. The third kappa shape index (κ3) is 5.47. The minimum absolute atomic E-state index is 0.0189. The van der Waals surface area contributed by atoms with Crippen LogP contribution in [0.1, 0.15) is 11.1 Å². The molecule has 1 N–H and O–H groups in total. The van der Waals surface area contributed by atoms with E-state index in [1.807, 2.05) is 23.1 Å². The van der Waals surface area contributed by atoms with Crippen LogP contribution in [0.25, 0.3) is 0 Å². The van der Waals surface area contributed by atoms with E-state index in [1.165, 1.54) is 23.4 Å². The van der Waals surface area contributed by atoms with Crippen molar-refractivity contribution in [3.8, 4) is 0 Å². The van der Waals surface area contributed by atoms with Gasteiger partial charge >= 0.3 is 0 Å². The Hall–Kier alpha value is -2.61. The highest BCUT2D eigenvalue weighted by molar-refractivity contribution is 6.30. The summed E-state index contributed by atoms with van der Waals surface area (Å²) in [7, 11) is 0. The first-order valence-electron chi connectivity index (χ1n) is 8.97. The van der Waals surface area contributed by atoms with Crippen molar-refractivity contribution in [2.75, 3.05) is 13.1 Å². The summed E-state index contributed by atoms with van der Waals surface area (Å²) < 4.78 is 29.4. The predicted molar refractivity (Wildman–Crippen MR) is 107 cm³/mol. The Kier molecular flexibility index (Phi) is 6.74. The van der Waals surface area contributed by atoms with E-state index in [2.05, 4.69) is 16.7 Å². The fraction of sp³-hybridized carbons (Fsp3) is 0.238. The molecule has 0 fully saturated rings. The van der Waals surface area contributed by atoms with Crippen LogP contribution in [0.4, 0.5) is 8.78 Å². The van der Waals surface area contributed by atoms with Crippen molar-refractivity contribution in [3.05, 3.63) is 95.6 Å². The van der Waals surface area contributed by atoms with Gasteiger partial charge in [-0.1, -0.05) is 35.9 Å². The number of aromatic nitrogens is 3. The smallest absolute Gasteiger partial charge is 0.137 e. The zero-order chi connectivity index (χ0) is 20.9. The number of hydrogen-bond acceptors (Lipinski definition) is 4. The zero-order valence-corrected chi connectivity index (χ0v) is 16.4. The lowest BCUT2D eigenvalue weighted by atomic mass is 9.92. The lowest BCUT2D eigenvalue weighted by Gasteiger charge is -2.34. The Morgan fingerprint density at radius 3 is 2.72 bits per heavy atom. The SMILES string of the molecule is C=CCN(Cc1cccc(Cl)c1)C[C@@](O)(Cn1cncn1)c1ccc(F)cc1F. The summed E-state index contributed by atoms with van der Waals surface area (Å²) in [5.41, 5.74) is -0.774. The van der Waals surface area contributed by atoms with E-state index in [9.17, 15) is 13.9 Å². The minimum atomic E-state index is -1.69. The van der Waals surface area contributed by atoms with Gasteiger partial charge in [0, 0.05) is 36.3 Å². The standard InChI is InChI=1S/C21H21ClF2N4O/c1-2-8-27(11-16-4-3-5-17(22)9-16)12-21(29,13-28-15-25-14-26-28)19-7-6-18(23)10-20(19)24/h2-7,9-10,14-15,29H,1,8,11-13H2/t21-/m1/s1. The van der Waals surface area contributed by atoms with Crippen LogP contribution < -0.4 is 0 Å². The van der Waals surface area contributed by atoms with Gasteiger partial charge in [0.25, 0.3) is 0 Å². The van der Waals surface area contributed by atoms with E-state index < -0.39 is 17.2 Å². The molecule has 0 radical (unpaired) electrons. The Bertz CT molecular complexity index is 967. The molecule has 0 aliphatic heterocycles. The van der Waals surface area contributed by atoms with E-state index in [4.69, 9.17) is 11.6 Å². The first kappa shape index (κ1) is 21.1. The number of aliphatic hydroxyl groups is 1. The maximum Gasteiger partial charge on any atom is 0.137 e. The number of hydrogen-bond donors (Lipinski definition) is 1. The average Bonchev–Trinajstić information content (AvgIpc) is 3.14. The number of rotatable bonds is 9. The van der Waals surface area contributed by atoms with Crippen molar-refractivity contribution in [1.82, 2.24) is 19.7 Å². The molecule has 0 unspecified atom stereocenters. The number of halogens is 3. The summed E-state index contributed by atoms with van der Waals surface area (Å²) in [4.78, 5) is 5.77. The maximum atomic E-state index is 14.6. The third-order valence-electron chi connectivity index (χ3n) is 4.49. The fourth-order valence-electron chi connectivity index (χ4n) is 3.30. The fourth-order valence-corrected chi connectivity index (χ4v) is 3.51. The van der Waals surface area contributed by atoms with Gasteiger partial charge < -0.3 is 5.11 Å². The van der Waals surface area contributed by atoms with Crippen LogP contribution in [0.15, 0.2) is 67.8 Å². The molecule has 5 nitrogen and oxygen atoms in total. The van der Waals surface area contributed by atoms with Crippen LogP contribution >= 0.6 is 11.6 Å². The first-order chi connectivity index (χ1) is 13.9. The Balaban J connectivity index is 1.93. The summed E-state index contributed by atoms with van der Waals surface area (Å²) >= 11 is 6.07. The van der Waals surface area contributed by atoms with Crippen molar-refractivity contribution < 1.29 is 13.9 Å². The van der Waals surface area contributed by atoms with Gasteiger partial charge in [0.1, 0.15) is 29.9 Å². The highest BCUT2D eigenvalue weighted by Gasteiger charge is 2.35.